The molecule has 1 N–H and O–H groups in total. The average molecular weight is 296 g/mol. The monoisotopic (exact) mass is 296 g/mol. The van der Waals surface area contributed by atoms with E-state index in [1.807, 2.05) is 0 Å². The summed E-state index contributed by atoms with van der Waals surface area (Å²) < 4.78 is 30.1. The first-order valence-electron chi connectivity index (χ1n) is 6.31. The standard InChI is InChI=1S/C11H16N6O2S/c1-7-6-12-16(2)10(7)20(18,19)15-11-13-9(8-4-5-8)14-17(11)3/h6,8H,4-5H2,1-3H3,(H,13,14,15). The molecule has 0 amide bonds. The third kappa shape index (κ3) is 2.17. The summed E-state index contributed by atoms with van der Waals surface area (Å²) in [6.45, 7) is 1.70. The molecule has 0 atom stereocenters. The Kier molecular flexibility index (Phi) is 2.82. The van der Waals surface area contributed by atoms with Crippen LogP contribution in [0.2, 0.25) is 0 Å². The van der Waals surface area contributed by atoms with Crippen LogP contribution in [-0.4, -0.2) is 33.0 Å². The molecular weight excluding hydrogens is 280 g/mol. The van der Waals surface area contributed by atoms with Crippen molar-refractivity contribution < 1.29 is 8.42 Å². The molecule has 108 valence electrons. The summed E-state index contributed by atoms with van der Waals surface area (Å²) in [7, 11) is -0.454. The molecule has 20 heavy (non-hydrogen) atoms. The van der Waals surface area contributed by atoms with E-state index in [0.29, 0.717) is 17.3 Å². The van der Waals surface area contributed by atoms with E-state index in [9.17, 15) is 8.42 Å². The van der Waals surface area contributed by atoms with Crippen molar-refractivity contribution in [2.75, 3.05) is 4.72 Å². The number of hydrogen-bond acceptors (Lipinski definition) is 5. The maximum atomic E-state index is 12.4. The highest BCUT2D eigenvalue weighted by Crippen LogP contribution is 2.38. The normalized spacial score (nSPS) is 15.6. The summed E-state index contributed by atoms with van der Waals surface area (Å²) in [5.74, 6) is 1.30. The van der Waals surface area contributed by atoms with Crippen LogP contribution < -0.4 is 4.72 Å². The minimum Gasteiger partial charge on any atom is -0.255 e. The minimum atomic E-state index is -3.72. The smallest absolute Gasteiger partial charge is 0.255 e. The highest BCUT2D eigenvalue weighted by molar-refractivity contribution is 7.92. The van der Waals surface area contributed by atoms with Gasteiger partial charge < -0.3 is 0 Å². The average Bonchev–Trinajstić information content (AvgIpc) is 3.06. The van der Waals surface area contributed by atoms with Gasteiger partial charge in [0.15, 0.2) is 10.9 Å². The van der Waals surface area contributed by atoms with Crippen molar-refractivity contribution in [1.29, 1.82) is 0 Å². The second kappa shape index (κ2) is 4.30. The van der Waals surface area contributed by atoms with Crippen molar-refractivity contribution in [1.82, 2.24) is 24.5 Å². The Morgan fingerprint density at radius 3 is 2.55 bits per heavy atom. The van der Waals surface area contributed by atoms with Gasteiger partial charge in [0, 0.05) is 25.6 Å². The SMILES string of the molecule is Cc1cnn(C)c1S(=O)(=O)Nc1nc(C2CC2)nn1C. The number of anilines is 1. The van der Waals surface area contributed by atoms with E-state index >= 15 is 0 Å². The molecule has 0 spiro atoms. The Morgan fingerprint density at radius 1 is 1.30 bits per heavy atom. The molecule has 0 aromatic carbocycles. The lowest BCUT2D eigenvalue weighted by Gasteiger charge is -2.07. The number of aryl methyl sites for hydroxylation is 3. The van der Waals surface area contributed by atoms with Crippen molar-refractivity contribution in [2.24, 2.45) is 14.1 Å². The van der Waals surface area contributed by atoms with Crippen molar-refractivity contribution in [3.8, 4) is 0 Å². The molecule has 1 aliphatic rings. The number of sulfonamides is 1. The maximum Gasteiger partial charge on any atom is 0.281 e. The van der Waals surface area contributed by atoms with Crippen molar-refractivity contribution in [2.45, 2.75) is 30.7 Å². The first kappa shape index (κ1) is 13.1. The van der Waals surface area contributed by atoms with Gasteiger partial charge in [-0.1, -0.05) is 0 Å². The van der Waals surface area contributed by atoms with Crippen LogP contribution in [0.25, 0.3) is 0 Å². The summed E-state index contributed by atoms with van der Waals surface area (Å²) in [4.78, 5) is 4.26. The Morgan fingerprint density at radius 2 is 2.00 bits per heavy atom. The van der Waals surface area contributed by atoms with Crippen LogP contribution in [0, 0.1) is 6.92 Å². The molecule has 9 heteroatoms. The highest BCUT2D eigenvalue weighted by Gasteiger charge is 2.30. The second-order valence-electron chi connectivity index (χ2n) is 5.05. The predicted octanol–water partition coefficient (Wildman–Crippen LogP) is 0.535. The molecule has 1 saturated carbocycles. The van der Waals surface area contributed by atoms with Crippen LogP contribution in [0.4, 0.5) is 5.95 Å². The number of hydrogen-bond donors (Lipinski definition) is 1. The van der Waals surface area contributed by atoms with E-state index < -0.39 is 10.0 Å². The summed E-state index contributed by atoms with van der Waals surface area (Å²) in [5.41, 5.74) is 0.588. The Labute approximate surface area is 116 Å². The molecule has 3 rings (SSSR count). The molecule has 0 saturated heterocycles. The van der Waals surface area contributed by atoms with Crippen LogP contribution in [0.15, 0.2) is 11.2 Å². The number of aromatic nitrogens is 5. The fraction of sp³-hybridized carbons (Fsp3) is 0.545. The minimum absolute atomic E-state index is 0.133. The summed E-state index contributed by atoms with van der Waals surface area (Å²) in [6, 6.07) is 0. The largest absolute Gasteiger partial charge is 0.281 e. The van der Waals surface area contributed by atoms with Gasteiger partial charge in [0.2, 0.25) is 5.95 Å². The van der Waals surface area contributed by atoms with Gasteiger partial charge in [0.1, 0.15) is 0 Å². The summed E-state index contributed by atoms with van der Waals surface area (Å²) in [6.07, 6.45) is 3.65. The van der Waals surface area contributed by atoms with Gasteiger partial charge in [-0.15, -0.1) is 0 Å². The number of nitrogens with zero attached hydrogens (tertiary/aromatic N) is 5. The van der Waals surface area contributed by atoms with Gasteiger partial charge >= 0.3 is 0 Å². The van der Waals surface area contributed by atoms with Crippen LogP contribution >= 0.6 is 0 Å². The molecule has 0 radical (unpaired) electrons. The Balaban J connectivity index is 1.94. The van der Waals surface area contributed by atoms with Gasteiger partial charge in [-0.3, -0.25) is 4.68 Å². The topological polar surface area (TPSA) is 94.7 Å². The third-order valence-corrected chi connectivity index (χ3v) is 4.80. The fourth-order valence-corrected chi connectivity index (χ4v) is 3.48. The summed E-state index contributed by atoms with van der Waals surface area (Å²) in [5, 5.41) is 8.32. The van der Waals surface area contributed by atoms with Crippen molar-refractivity contribution in [3.05, 3.63) is 17.6 Å². The molecule has 2 aromatic rings. The van der Waals surface area contributed by atoms with Crippen LogP contribution in [0.5, 0.6) is 0 Å². The lowest BCUT2D eigenvalue weighted by Crippen LogP contribution is -2.19. The molecule has 0 unspecified atom stereocenters. The first-order chi connectivity index (χ1) is 9.38. The molecule has 0 bridgehead atoms. The van der Waals surface area contributed by atoms with E-state index in [1.165, 1.54) is 15.6 Å². The van der Waals surface area contributed by atoms with Crippen LogP contribution in [0.3, 0.4) is 0 Å². The molecule has 2 heterocycles. The van der Waals surface area contributed by atoms with Gasteiger partial charge in [0.05, 0.1) is 6.20 Å². The van der Waals surface area contributed by atoms with Gasteiger partial charge in [0.25, 0.3) is 10.0 Å². The van der Waals surface area contributed by atoms with Crippen molar-refractivity contribution in [3.63, 3.8) is 0 Å². The maximum absolute atomic E-state index is 12.4. The Bertz CT molecular complexity index is 736. The zero-order valence-electron chi connectivity index (χ0n) is 11.5. The van der Waals surface area contributed by atoms with Gasteiger partial charge in [-0.05, 0) is 19.8 Å². The highest BCUT2D eigenvalue weighted by atomic mass is 32.2. The lowest BCUT2D eigenvalue weighted by molar-refractivity contribution is 0.579. The molecule has 0 aliphatic heterocycles. The molecule has 8 nitrogen and oxygen atoms in total. The molecular formula is C11H16N6O2S. The third-order valence-electron chi connectivity index (χ3n) is 3.26. The molecule has 1 fully saturated rings. The van der Waals surface area contributed by atoms with E-state index in [-0.39, 0.29) is 11.0 Å². The molecule has 1 aliphatic carbocycles. The van der Waals surface area contributed by atoms with Crippen molar-refractivity contribution >= 4 is 16.0 Å². The quantitative estimate of drug-likeness (QED) is 0.888. The zero-order valence-corrected chi connectivity index (χ0v) is 12.3. The first-order valence-corrected chi connectivity index (χ1v) is 7.79. The number of rotatable bonds is 4. The van der Waals surface area contributed by atoms with E-state index in [1.54, 1.807) is 21.0 Å². The Hall–Kier alpha value is -1.90. The summed E-state index contributed by atoms with van der Waals surface area (Å²) >= 11 is 0. The molecule has 2 aromatic heterocycles. The van der Waals surface area contributed by atoms with Gasteiger partial charge in [-0.2, -0.15) is 23.6 Å². The fourth-order valence-electron chi connectivity index (χ4n) is 2.10. The van der Waals surface area contributed by atoms with Gasteiger partial charge in [-0.25, -0.2) is 9.40 Å². The number of nitrogens with one attached hydrogen (secondary N) is 1. The second-order valence-corrected chi connectivity index (χ2v) is 6.65. The van der Waals surface area contributed by atoms with Crippen LogP contribution in [-0.2, 0) is 24.1 Å². The van der Waals surface area contributed by atoms with Crippen LogP contribution in [0.1, 0.15) is 30.1 Å². The van der Waals surface area contributed by atoms with E-state index in [0.717, 1.165) is 12.8 Å². The lowest BCUT2D eigenvalue weighted by atomic mass is 10.4. The van der Waals surface area contributed by atoms with E-state index in [2.05, 4.69) is 19.9 Å². The predicted molar refractivity (Wildman–Crippen MR) is 71.7 cm³/mol. The van der Waals surface area contributed by atoms with E-state index in [4.69, 9.17) is 0 Å². The zero-order chi connectivity index (χ0) is 14.5.